The molecule has 0 bridgehead atoms. The van der Waals surface area contributed by atoms with Crippen LogP contribution in [0, 0.1) is 0 Å². The third kappa shape index (κ3) is 3.47. The van der Waals surface area contributed by atoms with E-state index in [1.165, 1.54) is 25.8 Å². The molecule has 20 heavy (non-hydrogen) atoms. The monoisotopic (exact) mass is 272 g/mol. The SMILES string of the molecule is O=C(Cc1ccccc1)CN1CCN2CCCCC2C1. The molecule has 0 radical (unpaired) electrons. The van der Waals surface area contributed by atoms with Crippen LogP contribution >= 0.6 is 0 Å². The summed E-state index contributed by atoms with van der Waals surface area (Å²) >= 11 is 0. The van der Waals surface area contributed by atoms with Gasteiger partial charge in [0.1, 0.15) is 0 Å². The lowest BCUT2D eigenvalue weighted by Gasteiger charge is -2.43. The maximum Gasteiger partial charge on any atom is 0.151 e. The van der Waals surface area contributed by atoms with Crippen molar-refractivity contribution in [2.45, 2.75) is 31.7 Å². The molecule has 0 aliphatic carbocycles. The van der Waals surface area contributed by atoms with Gasteiger partial charge >= 0.3 is 0 Å². The number of hydrogen-bond acceptors (Lipinski definition) is 3. The van der Waals surface area contributed by atoms with Crippen molar-refractivity contribution < 1.29 is 4.79 Å². The zero-order chi connectivity index (χ0) is 13.8. The first-order chi connectivity index (χ1) is 9.81. The van der Waals surface area contributed by atoms with E-state index in [0.29, 0.717) is 24.8 Å². The summed E-state index contributed by atoms with van der Waals surface area (Å²) in [5.74, 6) is 0.348. The minimum atomic E-state index is 0.348. The maximum absolute atomic E-state index is 12.2. The summed E-state index contributed by atoms with van der Waals surface area (Å²) in [5.41, 5.74) is 1.13. The first-order valence-electron chi connectivity index (χ1n) is 7.83. The van der Waals surface area contributed by atoms with Crippen LogP contribution in [0.3, 0.4) is 0 Å². The number of benzene rings is 1. The molecule has 2 heterocycles. The van der Waals surface area contributed by atoms with Crippen molar-refractivity contribution >= 4 is 5.78 Å². The van der Waals surface area contributed by atoms with E-state index in [0.717, 1.165) is 25.2 Å². The molecule has 2 saturated heterocycles. The van der Waals surface area contributed by atoms with Crippen molar-refractivity contribution in [3.05, 3.63) is 35.9 Å². The predicted octanol–water partition coefficient (Wildman–Crippen LogP) is 1.97. The average Bonchev–Trinajstić information content (AvgIpc) is 2.48. The fourth-order valence-electron chi connectivity index (χ4n) is 3.49. The largest absolute Gasteiger partial charge is 0.298 e. The van der Waals surface area contributed by atoms with Crippen LogP contribution < -0.4 is 0 Å². The molecule has 2 aliphatic heterocycles. The Kier molecular flexibility index (Phi) is 4.48. The highest BCUT2D eigenvalue weighted by Gasteiger charge is 2.29. The van der Waals surface area contributed by atoms with Gasteiger partial charge in [-0.25, -0.2) is 0 Å². The third-order valence-electron chi connectivity index (χ3n) is 4.57. The number of carbonyl (C=O) groups is 1. The Morgan fingerprint density at radius 2 is 1.95 bits per heavy atom. The van der Waals surface area contributed by atoms with Crippen molar-refractivity contribution in [3.8, 4) is 0 Å². The molecule has 3 rings (SSSR count). The van der Waals surface area contributed by atoms with E-state index >= 15 is 0 Å². The standard InChI is InChI=1S/C17H24N2O/c20-17(12-15-6-2-1-3-7-15)14-18-10-11-19-9-5-4-8-16(19)13-18/h1-3,6-7,16H,4-5,8-14H2. The molecule has 3 heteroatoms. The Labute approximate surface area is 121 Å². The van der Waals surface area contributed by atoms with Gasteiger partial charge in [-0.3, -0.25) is 14.6 Å². The highest BCUT2D eigenvalue weighted by atomic mass is 16.1. The fraction of sp³-hybridized carbons (Fsp3) is 0.588. The van der Waals surface area contributed by atoms with Gasteiger partial charge in [0.2, 0.25) is 0 Å². The molecule has 1 unspecified atom stereocenters. The smallest absolute Gasteiger partial charge is 0.151 e. The summed E-state index contributed by atoms with van der Waals surface area (Å²) in [7, 11) is 0. The first kappa shape index (κ1) is 13.8. The normalized spacial score (nSPS) is 24.3. The number of nitrogens with zero attached hydrogens (tertiary/aromatic N) is 2. The van der Waals surface area contributed by atoms with Gasteiger partial charge in [0, 0.05) is 32.1 Å². The fourth-order valence-corrected chi connectivity index (χ4v) is 3.49. The van der Waals surface area contributed by atoms with E-state index in [2.05, 4.69) is 9.80 Å². The number of hydrogen-bond donors (Lipinski definition) is 0. The molecule has 0 amide bonds. The molecular formula is C17H24N2O. The van der Waals surface area contributed by atoms with Crippen molar-refractivity contribution in [1.82, 2.24) is 9.80 Å². The Morgan fingerprint density at radius 3 is 2.80 bits per heavy atom. The van der Waals surface area contributed by atoms with Crippen molar-refractivity contribution in [2.75, 3.05) is 32.7 Å². The second kappa shape index (κ2) is 6.51. The van der Waals surface area contributed by atoms with Gasteiger partial charge in [-0.05, 0) is 24.9 Å². The Hall–Kier alpha value is -1.19. The summed E-state index contributed by atoms with van der Waals surface area (Å²) in [5, 5.41) is 0. The number of carbonyl (C=O) groups excluding carboxylic acids is 1. The Balaban J connectivity index is 1.49. The van der Waals surface area contributed by atoms with E-state index in [4.69, 9.17) is 0 Å². The minimum Gasteiger partial charge on any atom is -0.298 e. The quantitative estimate of drug-likeness (QED) is 0.837. The van der Waals surface area contributed by atoms with Crippen LogP contribution in [0.4, 0.5) is 0 Å². The highest BCUT2D eigenvalue weighted by Crippen LogP contribution is 2.20. The van der Waals surface area contributed by atoms with E-state index in [-0.39, 0.29) is 0 Å². The van der Waals surface area contributed by atoms with Gasteiger partial charge in [0.05, 0.1) is 6.54 Å². The second-order valence-corrected chi connectivity index (χ2v) is 6.12. The van der Waals surface area contributed by atoms with Gasteiger partial charge in [-0.2, -0.15) is 0 Å². The van der Waals surface area contributed by atoms with Gasteiger partial charge in [0.25, 0.3) is 0 Å². The van der Waals surface area contributed by atoms with E-state index < -0.39 is 0 Å². The van der Waals surface area contributed by atoms with Crippen LogP contribution in [0.25, 0.3) is 0 Å². The van der Waals surface area contributed by atoms with Crippen molar-refractivity contribution in [2.24, 2.45) is 0 Å². The second-order valence-electron chi connectivity index (χ2n) is 6.12. The maximum atomic E-state index is 12.2. The van der Waals surface area contributed by atoms with Crippen LogP contribution in [0.2, 0.25) is 0 Å². The molecule has 0 N–H and O–H groups in total. The minimum absolute atomic E-state index is 0.348. The summed E-state index contributed by atoms with van der Waals surface area (Å²) < 4.78 is 0. The van der Waals surface area contributed by atoms with Crippen LogP contribution in [0.5, 0.6) is 0 Å². The Morgan fingerprint density at radius 1 is 1.10 bits per heavy atom. The van der Waals surface area contributed by atoms with Crippen molar-refractivity contribution in [3.63, 3.8) is 0 Å². The number of piperazine rings is 1. The number of piperidine rings is 1. The third-order valence-corrected chi connectivity index (χ3v) is 4.57. The molecular weight excluding hydrogens is 248 g/mol. The number of Topliss-reactive ketones (excluding diaryl/α,β-unsaturated/α-hetero) is 1. The van der Waals surface area contributed by atoms with E-state index in [1.54, 1.807) is 0 Å². The molecule has 3 nitrogen and oxygen atoms in total. The molecule has 0 aromatic heterocycles. The summed E-state index contributed by atoms with van der Waals surface area (Å²) in [4.78, 5) is 17.2. The molecule has 2 fully saturated rings. The average molecular weight is 272 g/mol. The molecule has 1 aromatic carbocycles. The zero-order valence-electron chi connectivity index (χ0n) is 12.1. The lowest BCUT2D eigenvalue weighted by Crippen LogP contribution is -2.55. The topological polar surface area (TPSA) is 23.6 Å². The number of rotatable bonds is 4. The summed E-state index contributed by atoms with van der Waals surface area (Å²) in [6.07, 6.45) is 4.59. The van der Waals surface area contributed by atoms with Gasteiger partial charge in [0.15, 0.2) is 5.78 Å². The summed E-state index contributed by atoms with van der Waals surface area (Å²) in [6.45, 7) is 5.16. The van der Waals surface area contributed by atoms with Gasteiger partial charge < -0.3 is 0 Å². The van der Waals surface area contributed by atoms with E-state index in [1.807, 2.05) is 30.3 Å². The molecule has 0 saturated carbocycles. The predicted molar refractivity (Wildman–Crippen MR) is 80.8 cm³/mol. The number of ketones is 1. The van der Waals surface area contributed by atoms with Crippen LogP contribution in [-0.2, 0) is 11.2 Å². The molecule has 2 aliphatic rings. The molecule has 108 valence electrons. The first-order valence-corrected chi connectivity index (χ1v) is 7.83. The molecule has 1 aromatic rings. The Bertz CT molecular complexity index is 446. The van der Waals surface area contributed by atoms with Crippen molar-refractivity contribution in [1.29, 1.82) is 0 Å². The van der Waals surface area contributed by atoms with Gasteiger partial charge in [-0.1, -0.05) is 36.8 Å². The summed E-state index contributed by atoms with van der Waals surface area (Å²) in [6, 6.07) is 10.8. The van der Waals surface area contributed by atoms with Crippen LogP contribution in [-0.4, -0.2) is 54.3 Å². The van der Waals surface area contributed by atoms with E-state index in [9.17, 15) is 4.79 Å². The molecule has 0 spiro atoms. The number of fused-ring (bicyclic) bond motifs is 1. The van der Waals surface area contributed by atoms with Crippen LogP contribution in [0.15, 0.2) is 30.3 Å². The zero-order valence-corrected chi connectivity index (χ0v) is 12.1. The highest BCUT2D eigenvalue weighted by molar-refractivity contribution is 5.82. The lowest BCUT2D eigenvalue weighted by atomic mass is 9.99. The van der Waals surface area contributed by atoms with Crippen LogP contribution in [0.1, 0.15) is 24.8 Å². The molecule has 1 atom stereocenters. The lowest BCUT2D eigenvalue weighted by molar-refractivity contribution is -0.120. The van der Waals surface area contributed by atoms with Gasteiger partial charge in [-0.15, -0.1) is 0 Å².